The van der Waals surface area contributed by atoms with Crippen LogP contribution in [0.15, 0.2) is 47.6 Å². The molecule has 2 aromatic rings. The van der Waals surface area contributed by atoms with Crippen LogP contribution in [0.2, 0.25) is 0 Å². The van der Waals surface area contributed by atoms with Crippen molar-refractivity contribution >= 4 is 17.7 Å². The van der Waals surface area contributed by atoms with Gasteiger partial charge < -0.3 is 4.74 Å². The topological polar surface area (TPSA) is 52.1 Å². The highest BCUT2D eigenvalue weighted by atomic mass is 32.2. The van der Waals surface area contributed by atoms with E-state index in [-0.39, 0.29) is 5.25 Å². The van der Waals surface area contributed by atoms with Crippen molar-refractivity contribution in [2.75, 3.05) is 7.11 Å². The maximum Gasteiger partial charge on any atom is 0.341 e. The molecule has 4 nitrogen and oxygen atoms in total. The summed E-state index contributed by atoms with van der Waals surface area (Å²) in [5.41, 5.74) is 0.376. The van der Waals surface area contributed by atoms with E-state index in [1.54, 1.807) is 11.8 Å². The van der Waals surface area contributed by atoms with Crippen LogP contribution < -0.4 is 0 Å². The molecular formula is C16H18N2O2S. The van der Waals surface area contributed by atoms with Gasteiger partial charge in [0.25, 0.3) is 0 Å². The van der Waals surface area contributed by atoms with Crippen molar-refractivity contribution in [1.29, 1.82) is 0 Å². The van der Waals surface area contributed by atoms with Crippen molar-refractivity contribution in [2.24, 2.45) is 0 Å². The summed E-state index contributed by atoms with van der Waals surface area (Å²) in [4.78, 5) is 21.3. The van der Waals surface area contributed by atoms with E-state index in [9.17, 15) is 4.79 Å². The van der Waals surface area contributed by atoms with Gasteiger partial charge >= 0.3 is 5.97 Å². The van der Waals surface area contributed by atoms with Gasteiger partial charge in [-0.2, -0.15) is 0 Å². The van der Waals surface area contributed by atoms with Crippen molar-refractivity contribution in [2.45, 2.75) is 29.9 Å². The van der Waals surface area contributed by atoms with Crippen molar-refractivity contribution in [3.63, 3.8) is 0 Å². The first-order valence-electron chi connectivity index (χ1n) is 6.86. The average molecular weight is 302 g/mol. The van der Waals surface area contributed by atoms with E-state index in [0.29, 0.717) is 5.56 Å². The largest absolute Gasteiger partial charge is 0.465 e. The van der Waals surface area contributed by atoms with Gasteiger partial charge in [0, 0.05) is 17.3 Å². The molecule has 1 aromatic carbocycles. The van der Waals surface area contributed by atoms with E-state index < -0.39 is 5.97 Å². The molecule has 21 heavy (non-hydrogen) atoms. The first kappa shape index (κ1) is 15.5. The molecule has 0 amide bonds. The standard InChI is InChI=1S/C16H18N2O2S/c1-3-7-14(21-13-8-5-4-6-9-13)15-17-10-12(11-18-15)16(19)20-2/h4-6,8-11,14H,3,7H2,1-2H3. The minimum absolute atomic E-state index is 0.184. The number of methoxy groups -OCH3 is 1. The Bertz CT molecular complexity index is 573. The second-order valence-electron chi connectivity index (χ2n) is 4.53. The maximum atomic E-state index is 11.4. The molecule has 0 N–H and O–H groups in total. The summed E-state index contributed by atoms with van der Waals surface area (Å²) in [6.45, 7) is 2.14. The lowest BCUT2D eigenvalue weighted by Crippen LogP contribution is -2.06. The SMILES string of the molecule is CCCC(Sc1ccccc1)c1ncc(C(=O)OC)cn1. The van der Waals surface area contributed by atoms with Crippen molar-refractivity contribution in [3.8, 4) is 0 Å². The number of carbonyl (C=O) groups is 1. The highest BCUT2D eigenvalue weighted by Gasteiger charge is 2.16. The Labute approximate surface area is 129 Å². The Morgan fingerprint density at radius 2 is 1.90 bits per heavy atom. The Balaban J connectivity index is 2.16. The molecule has 0 radical (unpaired) electrons. The summed E-state index contributed by atoms with van der Waals surface area (Å²) < 4.78 is 4.66. The fourth-order valence-electron chi connectivity index (χ4n) is 1.89. The smallest absolute Gasteiger partial charge is 0.341 e. The fraction of sp³-hybridized carbons (Fsp3) is 0.312. The molecule has 0 aliphatic heterocycles. The van der Waals surface area contributed by atoms with Gasteiger partial charge in [0.2, 0.25) is 0 Å². The zero-order chi connectivity index (χ0) is 15.1. The quantitative estimate of drug-likeness (QED) is 0.598. The van der Waals surface area contributed by atoms with Crippen LogP contribution in [0.4, 0.5) is 0 Å². The summed E-state index contributed by atoms with van der Waals surface area (Å²) in [5, 5.41) is 0.184. The molecule has 1 aromatic heterocycles. The van der Waals surface area contributed by atoms with Crippen LogP contribution in [-0.4, -0.2) is 23.0 Å². The van der Waals surface area contributed by atoms with Gasteiger partial charge in [0.15, 0.2) is 0 Å². The molecule has 0 fully saturated rings. The molecule has 110 valence electrons. The Kier molecular flexibility index (Phi) is 5.75. The lowest BCUT2D eigenvalue weighted by Gasteiger charge is -2.14. The summed E-state index contributed by atoms with van der Waals surface area (Å²) >= 11 is 1.75. The minimum Gasteiger partial charge on any atom is -0.465 e. The molecule has 0 bridgehead atoms. The van der Waals surface area contributed by atoms with E-state index >= 15 is 0 Å². The second-order valence-corrected chi connectivity index (χ2v) is 5.81. The lowest BCUT2D eigenvalue weighted by molar-refractivity contribution is 0.0599. The van der Waals surface area contributed by atoms with E-state index in [4.69, 9.17) is 0 Å². The van der Waals surface area contributed by atoms with Crippen LogP contribution in [-0.2, 0) is 4.74 Å². The first-order valence-corrected chi connectivity index (χ1v) is 7.74. The molecular weight excluding hydrogens is 284 g/mol. The van der Waals surface area contributed by atoms with E-state index in [2.05, 4.69) is 33.8 Å². The Morgan fingerprint density at radius 3 is 2.48 bits per heavy atom. The summed E-state index contributed by atoms with van der Waals surface area (Å²) in [7, 11) is 1.35. The van der Waals surface area contributed by atoms with E-state index in [1.807, 2.05) is 18.2 Å². The Hall–Kier alpha value is -1.88. The minimum atomic E-state index is -0.413. The zero-order valence-electron chi connectivity index (χ0n) is 12.2. The van der Waals surface area contributed by atoms with Crippen LogP contribution in [0.5, 0.6) is 0 Å². The average Bonchev–Trinajstić information content (AvgIpc) is 2.55. The van der Waals surface area contributed by atoms with Crippen molar-refractivity contribution < 1.29 is 9.53 Å². The molecule has 5 heteroatoms. The summed E-state index contributed by atoms with van der Waals surface area (Å²) in [6.07, 6.45) is 5.09. The Morgan fingerprint density at radius 1 is 1.24 bits per heavy atom. The van der Waals surface area contributed by atoms with Gasteiger partial charge in [-0.3, -0.25) is 0 Å². The molecule has 0 saturated heterocycles. The zero-order valence-corrected chi connectivity index (χ0v) is 13.0. The fourth-order valence-corrected chi connectivity index (χ4v) is 3.12. The summed E-state index contributed by atoms with van der Waals surface area (Å²) in [6, 6.07) is 10.2. The highest BCUT2D eigenvalue weighted by Crippen LogP contribution is 2.36. The molecule has 0 aliphatic rings. The van der Waals surface area contributed by atoms with Crippen LogP contribution in [0.25, 0.3) is 0 Å². The third-order valence-electron chi connectivity index (χ3n) is 2.95. The number of rotatable bonds is 6. The van der Waals surface area contributed by atoms with E-state index in [1.165, 1.54) is 24.4 Å². The molecule has 1 unspecified atom stereocenters. The number of carbonyl (C=O) groups excluding carboxylic acids is 1. The molecule has 0 aliphatic carbocycles. The summed E-state index contributed by atoms with van der Waals surface area (Å²) in [5.74, 6) is 0.336. The van der Waals surface area contributed by atoms with Crippen molar-refractivity contribution in [3.05, 3.63) is 54.1 Å². The number of ether oxygens (including phenoxy) is 1. The molecule has 0 saturated carbocycles. The lowest BCUT2D eigenvalue weighted by atomic mass is 10.2. The predicted octanol–water partition coefficient (Wildman–Crippen LogP) is 3.90. The number of nitrogens with zero attached hydrogens (tertiary/aromatic N) is 2. The van der Waals surface area contributed by atoms with Crippen LogP contribution >= 0.6 is 11.8 Å². The number of hydrogen-bond donors (Lipinski definition) is 0. The number of aromatic nitrogens is 2. The van der Waals surface area contributed by atoms with E-state index in [0.717, 1.165) is 18.7 Å². The van der Waals surface area contributed by atoms with Gasteiger partial charge in [0.05, 0.1) is 17.9 Å². The normalized spacial score (nSPS) is 11.9. The van der Waals surface area contributed by atoms with Gasteiger partial charge in [-0.15, -0.1) is 11.8 Å². The number of thioether (sulfide) groups is 1. The third kappa shape index (κ3) is 4.29. The van der Waals surface area contributed by atoms with Crippen LogP contribution in [0.3, 0.4) is 0 Å². The highest BCUT2D eigenvalue weighted by molar-refractivity contribution is 7.99. The molecule has 0 spiro atoms. The monoisotopic (exact) mass is 302 g/mol. The van der Waals surface area contributed by atoms with Crippen molar-refractivity contribution in [1.82, 2.24) is 9.97 Å². The number of benzene rings is 1. The van der Waals surface area contributed by atoms with Gasteiger partial charge in [0.1, 0.15) is 5.82 Å². The van der Waals surface area contributed by atoms with Gasteiger partial charge in [-0.25, -0.2) is 14.8 Å². The maximum absolute atomic E-state index is 11.4. The van der Waals surface area contributed by atoms with Gasteiger partial charge in [-0.1, -0.05) is 31.5 Å². The predicted molar refractivity (Wildman–Crippen MR) is 83.3 cm³/mol. The second kappa shape index (κ2) is 7.78. The molecule has 2 rings (SSSR count). The van der Waals surface area contributed by atoms with Crippen LogP contribution in [0, 0.1) is 0 Å². The molecule has 1 heterocycles. The first-order chi connectivity index (χ1) is 10.2. The van der Waals surface area contributed by atoms with Gasteiger partial charge in [-0.05, 0) is 18.6 Å². The number of hydrogen-bond acceptors (Lipinski definition) is 5. The third-order valence-corrected chi connectivity index (χ3v) is 4.23. The van der Waals surface area contributed by atoms with Crippen LogP contribution in [0.1, 0.15) is 41.2 Å². The number of esters is 1. The molecule has 1 atom stereocenters.